The van der Waals surface area contributed by atoms with E-state index >= 15 is 0 Å². The largest absolute Gasteiger partial charge is 0.468 e. The van der Waals surface area contributed by atoms with E-state index in [1.807, 2.05) is 6.92 Å². The molecule has 78 valence electrons. The van der Waals surface area contributed by atoms with Crippen LogP contribution < -0.4 is 5.32 Å². The molecule has 0 aliphatic rings. The molecule has 0 fully saturated rings. The molecule has 0 aromatic carbocycles. The van der Waals surface area contributed by atoms with Crippen LogP contribution in [0.3, 0.4) is 0 Å². The summed E-state index contributed by atoms with van der Waals surface area (Å²) in [6.07, 6.45) is 2.67. The van der Waals surface area contributed by atoms with Crippen LogP contribution in [0.4, 0.5) is 0 Å². The molecule has 0 saturated heterocycles. The van der Waals surface area contributed by atoms with Gasteiger partial charge in [0.15, 0.2) is 0 Å². The summed E-state index contributed by atoms with van der Waals surface area (Å²) in [4.78, 5) is 16.2. The van der Waals surface area contributed by atoms with Gasteiger partial charge in [0.1, 0.15) is 6.04 Å². The number of esters is 1. The van der Waals surface area contributed by atoms with E-state index in [-0.39, 0.29) is 12.0 Å². The van der Waals surface area contributed by atoms with Crippen molar-refractivity contribution in [1.29, 1.82) is 0 Å². The summed E-state index contributed by atoms with van der Waals surface area (Å²) in [5, 5.41) is 3.12. The van der Waals surface area contributed by atoms with Crippen LogP contribution in [0.2, 0.25) is 0 Å². The third kappa shape index (κ3) is 2.78. The highest BCUT2D eigenvalue weighted by Gasteiger charge is 2.21. The third-order valence-corrected chi connectivity index (χ3v) is 2.61. The summed E-state index contributed by atoms with van der Waals surface area (Å²) in [6.45, 7) is 2.84. The predicted octanol–water partition coefficient (Wildman–Crippen LogP) is 1.36. The van der Waals surface area contributed by atoms with Gasteiger partial charge in [-0.15, -0.1) is 11.3 Å². The summed E-state index contributed by atoms with van der Waals surface area (Å²) in [7, 11) is 1.39. The lowest BCUT2D eigenvalue weighted by atomic mass is 10.2. The van der Waals surface area contributed by atoms with Crippen molar-refractivity contribution in [1.82, 2.24) is 10.3 Å². The zero-order valence-corrected chi connectivity index (χ0v) is 9.13. The van der Waals surface area contributed by atoms with Gasteiger partial charge in [0.2, 0.25) is 0 Å². The number of carbonyl (C=O) groups excluding carboxylic acids is 1. The van der Waals surface area contributed by atoms with E-state index in [2.05, 4.69) is 10.3 Å². The first-order valence-electron chi connectivity index (χ1n) is 4.49. The number of carbonyl (C=O) groups is 1. The Bertz CT molecular complexity index is 274. The Hall–Kier alpha value is -0.940. The summed E-state index contributed by atoms with van der Waals surface area (Å²) >= 11 is 1.45. The quantitative estimate of drug-likeness (QED) is 0.752. The Morgan fingerprint density at radius 1 is 1.79 bits per heavy atom. The predicted molar refractivity (Wildman–Crippen MR) is 55.2 cm³/mol. The maximum Gasteiger partial charge on any atom is 0.328 e. The van der Waals surface area contributed by atoms with Crippen LogP contribution in [0.25, 0.3) is 0 Å². The van der Waals surface area contributed by atoms with E-state index in [1.165, 1.54) is 18.4 Å². The Labute approximate surface area is 87.3 Å². The number of aromatic nitrogens is 1. The number of ether oxygens (including phenoxy) is 1. The molecule has 5 heteroatoms. The topological polar surface area (TPSA) is 51.2 Å². The number of thiazole rings is 1. The van der Waals surface area contributed by atoms with E-state index in [0.717, 1.165) is 17.8 Å². The lowest BCUT2D eigenvalue weighted by Crippen LogP contribution is -2.29. The van der Waals surface area contributed by atoms with Gasteiger partial charge < -0.3 is 4.74 Å². The fraction of sp³-hybridized carbons (Fsp3) is 0.556. The summed E-state index contributed by atoms with van der Waals surface area (Å²) in [5.74, 6) is -0.261. The first-order valence-corrected chi connectivity index (χ1v) is 5.37. The number of rotatable bonds is 5. The highest BCUT2D eigenvalue weighted by Crippen LogP contribution is 2.18. The van der Waals surface area contributed by atoms with Gasteiger partial charge in [-0.3, -0.25) is 10.3 Å². The van der Waals surface area contributed by atoms with Crippen LogP contribution in [-0.4, -0.2) is 24.6 Å². The second-order valence-electron chi connectivity index (χ2n) is 2.81. The van der Waals surface area contributed by atoms with Crippen LogP contribution in [0.1, 0.15) is 24.3 Å². The Morgan fingerprint density at radius 2 is 2.57 bits per heavy atom. The van der Waals surface area contributed by atoms with Crippen molar-refractivity contribution in [3.63, 3.8) is 0 Å². The minimum Gasteiger partial charge on any atom is -0.468 e. The second kappa shape index (κ2) is 5.72. The molecular formula is C9H14N2O2S. The minimum absolute atomic E-state index is 0.261. The molecule has 0 amide bonds. The number of hydrogen-bond acceptors (Lipinski definition) is 5. The fourth-order valence-corrected chi connectivity index (χ4v) is 1.76. The molecule has 0 aliphatic heterocycles. The van der Waals surface area contributed by atoms with Gasteiger partial charge >= 0.3 is 5.97 Å². The SMILES string of the molecule is CCCNC(C(=O)OC)c1cncs1. The maximum absolute atomic E-state index is 11.4. The smallest absolute Gasteiger partial charge is 0.328 e. The van der Waals surface area contributed by atoms with E-state index in [4.69, 9.17) is 4.74 Å². The molecule has 14 heavy (non-hydrogen) atoms. The first kappa shape index (κ1) is 11.1. The van der Waals surface area contributed by atoms with Crippen molar-refractivity contribution in [2.75, 3.05) is 13.7 Å². The molecule has 1 aromatic heterocycles. The third-order valence-electron chi connectivity index (χ3n) is 1.77. The average Bonchev–Trinajstić information content (AvgIpc) is 2.71. The Balaban J connectivity index is 2.67. The number of nitrogens with zero attached hydrogens (tertiary/aromatic N) is 1. The minimum atomic E-state index is -0.368. The van der Waals surface area contributed by atoms with Crippen molar-refractivity contribution in [3.05, 3.63) is 16.6 Å². The zero-order chi connectivity index (χ0) is 10.4. The molecule has 0 aliphatic carbocycles. The van der Waals surface area contributed by atoms with Crippen LogP contribution in [0.5, 0.6) is 0 Å². The molecule has 1 unspecified atom stereocenters. The molecule has 0 saturated carbocycles. The van der Waals surface area contributed by atoms with Crippen molar-refractivity contribution in [2.45, 2.75) is 19.4 Å². The van der Waals surface area contributed by atoms with Crippen molar-refractivity contribution < 1.29 is 9.53 Å². The Morgan fingerprint density at radius 3 is 3.07 bits per heavy atom. The van der Waals surface area contributed by atoms with Crippen molar-refractivity contribution in [3.8, 4) is 0 Å². The first-order chi connectivity index (χ1) is 6.79. The van der Waals surface area contributed by atoms with Crippen molar-refractivity contribution >= 4 is 17.3 Å². The summed E-state index contributed by atoms with van der Waals surface area (Å²) < 4.78 is 4.71. The van der Waals surface area contributed by atoms with Crippen molar-refractivity contribution in [2.24, 2.45) is 0 Å². The van der Waals surface area contributed by atoms with Gasteiger partial charge in [-0.25, -0.2) is 4.79 Å². The molecular weight excluding hydrogens is 200 g/mol. The lowest BCUT2D eigenvalue weighted by Gasteiger charge is -2.13. The van der Waals surface area contributed by atoms with Gasteiger partial charge in [0, 0.05) is 6.20 Å². The molecule has 0 radical (unpaired) electrons. The monoisotopic (exact) mass is 214 g/mol. The summed E-state index contributed by atoms with van der Waals surface area (Å²) in [5.41, 5.74) is 1.71. The van der Waals surface area contributed by atoms with Gasteiger partial charge in [-0.05, 0) is 13.0 Å². The van der Waals surface area contributed by atoms with Gasteiger partial charge in [-0.1, -0.05) is 6.92 Å². The van der Waals surface area contributed by atoms with Crippen LogP contribution in [-0.2, 0) is 9.53 Å². The molecule has 1 aromatic rings. The van der Waals surface area contributed by atoms with Gasteiger partial charge in [0.25, 0.3) is 0 Å². The summed E-state index contributed by atoms with van der Waals surface area (Å²) in [6, 6.07) is -0.368. The van der Waals surface area contributed by atoms with Gasteiger partial charge in [-0.2, -0.15) is 0 Å². The van der Waals surface area contributed by atoms with Crippen LogP contribution >= 0.6 is 11.3 Å². The van der Waals surface area contributed by atoms with E-state index in [0.29, 0.717) is 0 Å². The van der Waals surface area contributed by atoms with Crippen LogP contribution in [0.15, 0.2) is 11.7 Å². The normalized spacial score (nSPS) is 12.4. The van der Waals surface area contributed by atoms with Gasteiger partial charge in [0.05, 0.1) is 17.5 Å². The van der Waals surface area contributed by atoms with E-state index < -0.39 is 0 Å². The standard InChI is InChI=1S/C9H14N2O2S/c1-3-4-11-8(9(12)13-2)7-5-10-6-14-7/h5-6,8,11H,3-4H2,1-2H3. The lowest BCUT2D eigenvalue weighted by molar-refractivity contribution is -0.143. The fourth-order valence-electron chi connectivity index (χ4n) is 1.07. The zero-order valence-electron chi connectivity index (χ0n) is 8.32. The highest BCUT2D eigenvalue weighted by atomic mass is 32.1. The van der Waals surface area contributed by atoms with E-state index in [9.17, 15) is 4.79 Å². The highest BCUT2D eigenvalue weighted by molar-refractivity contribution is 7.09. The molecule has 1 atom stereocenters. The number of hydrogen-bond donors (Lipinski definition) is 1. The van der Waals surface area contributed by atoms with E-state index in [1.54, 1.807) is 11.7 Å². The second-order valence-corrected chi connectivity index (χ2v) is 3.73. The number of methoxy groups -OCH3 is 1. The Kier molecular flexibility index (Phi) is 4.55. The molecule has 1 N–H and O–H groups in total. The number of nitrogens with one attached hydrogen (secondary N) is 1. The molecule has 1 rings (SSSR count). The average molecular weight is 214 g/mol. The molecule has 4 nitrogen and oxygen atoms in total. The molecule has 0 bridgehead atoms. The van der Waals surface area contributed by atoms with Crippen LogP contribution in [0, 0.1) is 0 Å². The maximum atomic E-state index is 11.4. The molecule has 0 spiro atoms. The molecule has 1 heterocycles.